The van der Waals surface area contributed by atoms with Gasteiger partial charge in [-0.25, -0.2) is 0 Å². The van der Waals surface area contributed by atoms with Crippen molar-refractivity contribution in [2.24, 2.45) is 5.73 Å². The summed E-state index contributed by atoms with van der Waals surface area (Å²) in [6.07, 6.45) is 14.4. The van der Waals surface area contributed by atoms with E-state index in [9.17, 15) is 4.79 Å². The summed E-state index contributed by atoms with van der Waals surface area (Å²) in [5, 5.41) is 1.87. The van der Waals surface area contributed by atoms with Crippen molar-refractivity contribution in [1.82, 2.24) is 3.96 Å². The van der Waals surface area contributed by atoms with Crippen LogP contribution in [0.4, 0.5) is 0 Å². The number of hydrogen-bond acceptors (Lipinski definition) is 3. The minimum Gasteiger partial charge on any atom is -0.330 e. The molecule has 0 fully saturated rings. The first-order chi connectivity index (χ1) is 9.84. The lowest BCUT2D eigenvalue weighted by molar-refractivity contribution is 0.534. The van der Waals surface area contributed by atoms with E-state index in [2.05, 4.69) is 0 Å². The van der Waals surface area contributed by atoms with Crippen LogP contribution in [0.3, 0.4) is 0 Å². The molecule has 3 nitrogen and oxygen atoms in total. The summed E-state index contributed by atoms with van der Waals surface area (Å²) in [6, 6.07) is 1.65. The largest absolute Gasteiger partial charge is 0.330 e. The zero-order valence-electron chi connectivity index (χ0n) is 12.7. The smallest absolute Gasteiger partial charge is 0.260 e. The van der Waals surface area contributed by atoms with Gasteiger partial charge in [-0.1, -0.05) is 69.3 Å². The predicted molar refractivity (Wildman–Crippen MR) is 88.4 cm³/mol. The molecule has 0 aromatic carbocycles. The Hall–Kier alpha value is -0.610. The molecule has 0 atom stereocenters. The highest BCUT2D eigenvalue weighted by Crippen LogP contribution is 2.11. The Morgan fingerprint density at radius 1 is 0.850 bits per heavy atom. The standard InChI is InChI=1S/C16H30N2OS/c17-13-10-8-6-4-2-1-3-5-7-9-11-14-18-16(19)12-15-20-18/h12,15H,1-11,13-14,17H2. The average molecular weight is 298 g/mol. The van der Waals surface area contributed by atoms with Crippen LogP contribution in [0.5, 0.6) is 0 Å². The van der Waals surface area contributed by atoms with Crippen LogP contribution < -0.4 is 11.3 Å². The van der Waals surface area contributed by atoms with Gasteiger partial charge in [0.1, 0.15) is 0 Å². The molecule has 0 aliphatic rings. The summed E-state index contributed by atoms with van der Waals surface area (Å²) in [4.78, 5) is 11.3. The molecule has 0 spiro atoms. The van der Waals surface area contributed by atoms with Gasteiger partial charge < -0.3 is 5.73 Å². The molecule has 1 aromatic rings. The van der Waals surface area contributed by atoms with Crippen molar-refractivity contribution in [2.75, 3.05) is 6.54 Å². The molecule has 1 heterocycles. The molecular formula is C16H30N2OS. The number of aryl methyl sites for hydroxylation is 1. The van der Waals surface area contributed by atoms with E-state index in [0.29, 0.717) is 0 Å². The van der Waals surface area contributed by atoms with E-state index in [4.69, 9.17) is 5.73 Å². The van der Waals surface area contributed by atoms with Crippen molar-refractivity contribution in [3.63, 3.8) is 0 Å². The van der Waals surface area contributed by atoms with Crippen LogP contribution in [0.1, 0.15) is 70.6 Å². The second-order valence-electron chi connectivity index (χ2n) is 5.53. The van der Waals surface area contributed by atoms with Crippen LogP contribution in [0, 0.1) is 0 Å². The van der Waals surface area contributed by atoms with Gasteiger partial charge in [0.15, 0.2) is 0 Å². The fourth-order valence-corrected chi connectivity index (χ4v) is 3.17. The molecule has 0 bridgehead atoms. The summed E-state index contributed by atoms with van der Waals surface area (Å²) >= 11 is 1.53. The first-order valence-electron chi connectivity index (χ1n) is 8.19. The highest BCUT2D eigenvalue weighted by atomic mass is 32.1. The summed E-state index contributed by atoms with van der Waals surface area (Å²) < 4.78 is 1.85. The van der Waals surface area contributed by atoms with E-state index in [-0.39, 0.29) is 5.56 Å². The number of nitrogens with two attached hydrogens (primary N) is 1. The van der Waals surface area contributed by atoms with Crippen molar-refractivity contribution in [2.45, 2.75) is 77.2 Å². The highest BCUT2D eigenvalue weighted by Gasteiger charge is 1.97. The van der Waals surface area contributed by atoms with Gasteiger partial charge in [0, 0.05) is 18.0 Å². The zero-order valence-corrected chi connectivity index (χ0v) is 13.5. The van der Waals surface area contributed by atoms with Gasteiger partial charge in [-0.3, -0.25) is 8.75 Å². The molecule has 0 saturated carbocycles. The zero-order chi connectivity index (χ0) is 14.5. The Morgan fingerprint density at radius 2 is 1.35 bits per heavy atom. The fraction of sp³-hybridized carbons (Fsp3) is 0.812. The normalized spacial score (nSPS) is 11.1. The molecule has 0 aliphatic carbocycles. The van der Waals surface area contributed by atoms with Gasteiger partial charge in [-0.15, -0.1) is 0 Å². The maximum absolute atomic E-state index is 11.3. The molecule has 0 aliphatic heterocycles. The minimum absolute atomic E-state index is 0.157. The second-order valence-corrected chi connectivity index (χ2v) is 6.45. The van der Waals surface area contributed by atoms with E-state index >= 15 is 0 Å². The molecular weight excluding hydrogens is 268 g/mol. The van der Waals surface area contributed by atoms with Crippen LogP contribution in [-0.4, -0.2) is 10.5 Å². The van der Waals surface area contributed by atoms with Crippen molar-refractivity contribution in [3.8, 4) is 0 Å². The van der Waals surface area contributed by atoms with E-state index in [1.807, 2.05) is 9.34 Å². The molecule has 0 radical (unpaired) electrons. The molecule has 116 valence electrons. The minimum atomic E-state index is 0.157. The topological polar surface area (TPSA) is 48.0 Å². The molecule has 0 saturated heterocycles. The number of nitrogens with zero attached hydrogens (tertiary/aromatic N) is 1. The molecule has 0 unspecified atom stereocenters. The van der Waals surface area contributed by atoms with Crippen molar-refractivity contribution < 1.29 is 0 Å². The third-order valence-corrected chi connectivity index (χ3v) is 4.58. The monoisotopic (exact) mass is 298 g/mol. The van der Waals surface area contributed by atoms with Crippen molar-refractivity contribution in [3.05, 3.63) is 21.8 Å². The number of hydrogen-bond donors (Lipinski definition) is 1. The summed E-state index contributed by atoms with van der Waals surface area (Å²) in [5.41, 5.74) is 5.63. The third-order valence-electron chi connectivity index (χ3n) is 3.71. The van der Waals surface area contributed by atoms with Crippen LogP contribution in [0.15, 0.2) is 16.2 Å². The van der Waals surface area contributed by atoms with Gasteiger partial charge in [0.2, 0.25) is 0 Å². The van der Waals surface area contributed by atoms with Crippen LogP contribution in [-0.2, 0) is 6.54 Å². The predicted octanol–water partition coefficient (Wildman–Crippen LogP) is 4.16. The number of unbranched alkanes of at least 4 members (excludes halogenated alkanes) is 10. The Kier molecular flexibility index (Phi) is 10.6. The van der Waals surface area contributed by atoms with Gasteiger partial charge >= 0.3 is 0 Å². The van der Waals surface area contributed by atoms with Gasteiger partial charge in [-0.05, 0) is 19.4 Å². The molecule has 4 heteroatoms. The molecule has 1 aromatic heterocycles. The van der Waals surface area contributed by atoms with Crippen molar-refractivity contribution in [1.29, 1.82) is 0 Å². The SMILES string of the molecule is NCCCCCCCCCCCCCn1sccc1=O. The molecule has 0 amide bonds. The van der Waals surface area contributed by atoms with Gasteiger partial charge in [0.25, 0.3) is 5.56 Å². The Morgan fingerprint density at radius 3 is 1.80 bits per heavy atom. The van der Waals surface area contributed by atoms with Gasteiger partial charge in [0.05, 0.1) is 0 Å². The first-order valence-corrected chi connectivity index (χ1v) is 9.03. The lowest BCUT2D eigenvalue weighted by Crippen LogP contribution is -2.11. The maximum Gasteiger partial charge on any atom is 0.260 e. The molecule has 20 heavy (non-hydrogen) atoms. The Labute approximate surface area is 127 Å². The molecule has 2 N–H and O–H groups in total. The fourth-order valence-electron chi connectivity index (χ4n) is 2.45. The lowest BCUT2D eigenvalue weighted by atomic mass is 10.1. The number of rotatable bonds is 13. The van der Waals surface area contributed by atoms with Gasteiger partial charge in [-0.2, -0.15) is 0 Å². The summed E-state index contributed by atoms with van der Waals surface area (Å²) in [7, 11) is 0. The maximum atomic E-state index is 11.3. The Balaban J connectivity index is 1.79. The third kappa shape index (κ3) is 8.54. The van der Waals surface area contributed by atoms with E-state index in [0.717, 1.165) is 19.5 Å². The first kappa shape index (κ1) is 17.4. The second kappa shape index (κ2) is 12.2. The lowest BCUT2D eigenvalue weighted by Gasteiger charge is -2.03. The van der Waals surface area contributed by atoms with E-state index in [1.54, 1.807) is 6.07 Å². The summed E-state index contributed by atoms with van der Waals surface area (Å²) in [6.45, 7) is 1.75. The van der Waals surface area contributed by atoms with Crippen LogP contribution in [0.2, 0.25) is 0 Å². The highest BCUT2D eigenvalue weighted by molar-refractivity contribution is 7.04. The van der Waals surface area contributed by atoms with E-state index < -0.39 is 0 Å². The van der Waals surface area contributed by atoms with Crippen LogP contribution in [0.25, 0.3) is 0 Å². The average Bonchev–Trinajstić information content (AvgIpc) is 2.85. The summed E-state index contributed by atoms with van der Waals surface area (Å²) in [5.74, 6) is 0. The van der Waals surface area contributed by atoms with Crippen molar-refractivity contribution >= 4 is 11.5 Å². The Bertz CT molecular complexity index is 373. The van der Waals surface area contributed by atoms with E-state index in [1.165, 1.54) is 75.7 Å². The quantitative estimate of drug-likeness (QED) is 0.556. The number of aromatic nitrogens is 1. The van der Waals surface area contributed by atoms with Crippen LogP contribution >= 0.6 is 11.5 Å². The molecule has 1 rings (SSSR count).